The Kier molecular flexibility index (Phi) is 5.60. The molecule has 0 saturated carbocycles. The zero-order chi connectivity index (χ0) is 20.3. The lowest BCUT2D eigenvalue weighted by atomic mass is 10.0. The van der Waals surface area contributed by atoms with Gasteiger partial charge >= 0.3 is 6.18 Å². The number of allylic oxidation sites excluding steroid dienone is 1. The summed E-state index contributed by atoms with van der Waals surface area (Å²) in [6.45, 7) is 1.69. The Morgan fingerprint density at radius 1 is 1.25 bits per heavy atom. The lowest BCUT2D eigenvalue weighted by Crippen LogP contribution is -2.32. The molecule has 0 aliphatic carbocycles. The first-order valence-electron chi connectivity index (χ1n) is 8.47. The van der Waals surface area contributed by atoms with Crippen LogP contribution in [0.1, 0.15) is 21.5 Å². The summed E-state index contributed by atoms with van der Waals surface area (Å²) >= 11 is 0. The fourth-order valence-corrected chi connectivity index (χ4v) is 2.72. The number of carbonyl (C=O) groups is 1. The van der Waals surface area contributed by atoms with Crippen LogP contribution in [0.15, 0.2) is 42.5 Å². The first-order chi connectivity index (χ1) is 13.2. The van der Waals surface area contributed by atoms with E-state index in [1.54, 1.807) is 25.1 Å². The number of anilines is 1. The predicted octanol–water partition coefficient (Wildman–Crippen LogP) is 3.95. The van der Waals surface area contributed by atoms with E-state index in [1.807, 2.05) is 0 Å². The number of carbonyl (C=O) groups excluding carboxylic acids is 1. The molecule has 1 heterocycles. The average molecular weight is 393 g/mol. The molecule has 2 aromatic rings. The van der Waals surface area contributed by atoms with Crippen LogP contribution in [0, 0.1) is 6.92 Å². The Morgan fingerprint density at radius 2 is 2.04 bits per heavy atom. The number of alkyl halides is 3. The second kappa shape index (κ2) is 7.93. The molecule has 8 heteroatoms. The molecule has 28 heavy (non-hydrogen) atoms. The highest BCUT2D eigenvalue weighted by molar-refractivity contribution is 6.05. The van der Waals surface area contributed by atoms with E-state index < -0.39 is 18.2 Å². The third-order valence-corrected chi connectivity index (χ3v) is 4.08. The van der Waals surface area contributed by atoms with Gasteiger partial charge in [-0.2, -0.15) is 13.2 Å². The molecule has 2 N–H and O–H groups in total. The largest absolute Gasteiger partial charge is 0.486 e. The molecule has 0 saturated heterocycles. The molecule has 5 nitrogen and oxygen atoms in total. The third kappa shape index (κ3) is 4.83. The second-order valence-electron chi connectivity index (χ2n) is 6.30. The maximum absolute atomic E-state index is 12.5. The van der Waals surface area contributed by atoms with E-state index in [0.717, 1.165) is 6.08 Å². The third-order valence-electron chi connectivity index (χ3n) is 4.08. The highest BCUT2D eigenvalue weighted by atomic mass is 19.4. The Morgan fingerprint density at radius 3 is 2.71 bits per heavy atom. The molecule has 0 bridgehead atoms. The van der Waals surface area contributed by atoms with Crippen molar-refractivity contribution >= 4 is 17.7 Å². The van der Waals surface area contributed by atoms with E-state index in [2.05, 4.69) is 5.32 Å². The van der Waals surface area contributed by atoms with Crippen LogP contribution in [-0.2, 0) is 0 Å². The van der Waals surface area contributed by atoms with Gasteiger partial charge < -0.3 is 19.9 Å². The Hall–Kier alpha value is -3.00. The van der Waals surface area contributed by atoms with Crippen molar-refractivity contribution in [2.75, 3.05) is 18.5 Å². The second-order valence-corrected chi connectivity index (χ2v) is 6.30. The van der Waals surface area contributed by atoms with Gasteiger partial charge in [0.25, 0.3) is 5.91 Å². The summed E-state index contributed by atoms with van der Waals surface area (Å²) in [4.78, 5) is 12.5. The zero-order valence-corrected chi connectivity index (χ0v) is 14.9. The number of hydrogen-bond donors (Lipinski definition) is 2. The van der Waals surface area contributed by atoms with Gasteiger partial charge in [-0.15, -0.1) is 0 Å². The Labute approximate surface area is 159 Å². The quantitative estimate of drug-likeness (QED) is 0.825. The molecule has 1 unspecified atom stereocenters. The lowest BCUT2D eigenvalue weighted by molar-refractivity contribution is -0.0790. The summed E-state index contributed by atoms with van der Waals surface area (Å²) < 4.78 is 47.9. The van der Waals surface area contributed by atoms with Crippen LogP contribution in [0.3, 0.4) is 0 Å². The SMILES string of the molecule is Cc1cc(/C=C/C(F)(F)F)ccc1C(=O)Nc1ccc2c(c1)OCC(CO)O2. The number of benzene rings is 2. The molecular formula is C20H18F3NO4. The van der Waals surface area contributed by atoms with Gasteiger partial charge in [0.15, 0.2) is 17.6 Å². The van der Waals surface area contributed by atoms with Gasteiger partial charge in [-0.25, -0.2) is 0 Å². The van der Waals surface area contributed by atoms with Crippen LogP contribution in [0.2, 0.25) is 0 Å². The molecule has 1 amide bonds. The summed E-state index contributed by atoms with van der Waals surface area (Å²) in [5.41, 5.74) is 1.73. The van der Waals surface area contributed by atoms with Crippen LogP contribution < -0.4 is 14.8 Å². The number of amides is 1. The van der Waals surface area contributed by atoms with Crippen molar-refractivity contribution in [3.05, 3.63) is 59.2 Å². The van der Waals surface area contributed by atoms with Crippen molar-refractivity contribution in [1.29, 1.82) is 0 Å². The van der Waals surface area contributed by atoms with Gasteiger partial charge in [-0.3, -0.25) is 4.79 Å². The van der Waals surface area contributed by atoms with Crippen LogP contribution in [0.25, 0.3) is 6.08 Å². The van der Waals surface area contributed by atoms with Gasteiger partial charge in [0.2, 0.25) is 0 Å². The Bertz CT molecular complexity index is 909. The molecular weight excluding hydrogens is 375 g/mol. The van der Waals surface area contributed by atoms with E-state index in [4.69, 9.17) is 14.6 Å². The molecule has 0 radical (unpaired) electrons. The highest BCUT2D eigenvalue weighted by Gasteiger charge is 2.22. The standard InChI is InChI=1S/C20H18F3NO4/c1-12-8-13(6-7-20(21,22)23)2-4-16(12)19(26)24-14-3-5-17-18(9-14)27-11-15(10-25)28-17/h2-9,15,25H,10-11H2,1H3,(H,24,26)/b7-6+. The molecule has 0 fully saturated rings. The number of hydrogen-bond acceptors (Lipinski definition) is 4. The van der Waals surface area contributed by atoms with E-state index >= 15 is 0 Å². The molecule has 148 valence electrons. The molecule has 3 rings (SSSR count). The fraction of sp³-hybridized carbons (Fsp3) is 0.250. The lowest BCUT2D eigenvalue weighted by Gasteiger charge is -2.25. The maximum Gasteiger partial charge on any atom is 0.409 e. The van der Waals surface area contributed by atoms with Gasteiger partial charge in [-0.1, -0.05) is 18.2 Å². The van der Waals surface area contributed by atoms with Gasteiger partial charge in [0.05, 0.1) is 6.61 Å². The number of rotatable bonds is 4. The molecule has 0 aromatic heterocycles. The molecule has 1 atom stereocenters. The molecule has 0 spiro atoms. The van der Waals surface area contributed by atoms with Crippen molar-refractivity contribution in [1.82, 2.24) is 0 Å². The molecule has 2 aromatic carbocycles. The predicted molar refractivity (Wildman–Crippen MR) is 97.7 cm³/mol. The Balaban J connectivity index is 1.72. The van der Waals surface area contributed by atoms with E-state index in [1.165, 1.54) is 18.2 Å². The van der Waals surface area contributed by atoms with Crippen LogP contribution in [0.4, 0.5) is 18.9 Å². The number of nitrogens with one attached hydrogen (secondary N) is 1. The first kappa shape index (κ1) is 19.8. The van der Waals surface area contributed by atoms with Crippen molar-refractivity contribution < 1.29 is 32.5 Å². The monoisotopic (exact) mass is 393 g/mol. The molecule has 1 aliphatic heterocycles. The summed E-state index contributed by atoms with van der Waals surface area (Å²) in [7, 11) is 0. The van der Waals surface area contributed by atoms with Crippen molar-refractivity contribution in [3.63, 3.8) is 0 Å². The van der Waals surface area contributed by atoms with E-state index in [-0.39, 0.29) is 19.3 Å². The topological polar surface area (TPSA) is 67.8 Å². The van der Waals surface area contributed by atoms with Crippen LogP contribution in [0.5, 0.6) is 11.5 Å². The summed E-state index contributed by atoms with van der Waals surface area (Å²) in [5, 5.41) is 11.8. The molecule has 1 aliphatic rings. The van der Waals surface area contributed by atoms with E-state index in [9.17, 15) is 18.0 Å². The highest BCUT2D eigenvalue weighted by Crippen LogP contribution is 2.34. The smallest absolute Gasteiger partial charge is 0.409 e. The van der Waals surface area contributed by atoms with E-state index in [0.29, 0.717) is 33.9 Å². The zero-order valence-electron chi connectivity index (χ0n) is 14.9. The minimum Gasteiger partial charge on any atom is -0.486 e. The van der Waals surface area contributed by atoms with Gasteiger partial charge in [0.1, 0.15) is 6.61 Å². The average Bonchev–Trinajstić information content (AvgIpc) is 2.65. The van der Waals surface area contributed by atoms with Gasteiger partial charge in [0, 0.05) is 23.4 Å². The van der Waals surface area contributed by atoms with Gasteiger partial charge in [-0.05, 0) is 36.2 Å². The number of aliphatic hydroxyl groups is 1. The normalized spacial score (nSPS) is 16.2. The number of fused-ring (bicyclic) bond motifs is 1. The summed E-state index contributed by atoms with van der Waals surface area (Å²) in [6, 6.07) is 9.31. The van der Waals surface area contributed by atoms with Crippen LogP contribution >= 0.6 is 0 Å². The van der Waals surface area contributed by atoms with Crippen molar-refractivity contribution in [2.24, 2.45) is 0 Å². The van der Waals surface area contributed by atoms with Crippen LogP contribution in [-0.4, -0.2) is 36.5 Å². The maximum atomic E-state index is 12.5. The van der Waals surface area contributed by atoms with Crippen molar-refractivity contribution in [3.8, 4) is 11.5 Å². The fourth-order valence-electron chi connectivity index (χ4n) is 2.72. The summed E-state index contributed by atoms with van der Waals surface area (Å²) in [5.74, 6) is 0.529. The number of aliphatic hydroxyl groups excluding tert-OH is 1. The summed E-state index contributed by atoms with van der Waals surface area (Å²) in [6.07, 6.45) is -3.72. The number of ether oxygens (including phenoxy) is 2. The minimum absolute atomic E-state index is 0.151. The first-order valence-corrected chi connectivity index (χ1v) is 8.47. The minimum atomic E-state index is -4.39. The number of halogens is 3. The number of aryl methyl sites for hydroxylation is 1. The van der Waals surface area contributed by atoms with Crippen molar-refractivity contribution in [2.45, 2.75) is 19.2 Å².